The summed E-state index contributed by atoms with van der Waals surface area (Å²) in [5.41, 5.74) is 7.61. The van der Waals surface area contributed by atoms with Gasteiger partial charge in [-0.05, 0) is 65.0 Å². The Morgan fingerprint density at radius 3 is 2.04 bits per heavy atom. The number of pyridine rings is 1. The molecule has 0 fully saturated rings. The molecule has 7 nitrogen and oxygen atoms in total. The third-order valence-electron chi connectivity index (χ3n) is 9.24. The van der Waals surface area contributed by atoms with Crippen molar-refractivity contribution in [3.05, 3.63) is 193 Å². The van der Waals surface area contributed by atoms with Crippen LogP contribution < -0.4 is 14.2 Å². The van der Waals surface area contributed by atoms with Crippen LogP contribution in [0, 0.1) is 19.1 Å². The van der Waals surface area contributed by atoms with Gasteiger partial charge in [0.05, 0.1) is 11.8 Å². The minimum atomic E-state index is 0. The molecule has 3 heterocycles. The Kier molecular flexibility index (Phi) is 10.3. The van der Waals surface area contributed by atoms with Crippen LogP contribution in [0.25, 0.3) is 44.4 Å². The summed E-state index contributed by atoms with van der Waals surface area (Å²) in [7, 11) is 0. The van der Waals surface area contributed by atoms with Crippen LogP contribution in [0.3, 0.4) is 0 Å². The number of rotatable bonds is 11. The first-order valence-electron chi connectivity index (χ1n) is 17.8. The molecule has 6 aromatic carbocycles. The van der Waals surface area contributed by atoms with Gasteiger partial charge in [0.25, 0.3) is 0 Å². The molecule has 55 heavy (non-hydrogen) atoms. The molecule has 270 valence electrons. The number of fused-ring (bicyclic) bond motifs is 3. The third kappa shape index (κ3) is 7.53. The first kappa shape index (κ1) is 35.6. The van der Waals surface area contributed by atoms with Gasteiger partial charge >= 0.3 is 21.1 Å². The summed E-state index contributed by atoms with van der Waals surface area (Å²) in [6, 6.07) is 55.2. The van der Waals surface area contributed by atoms with Crippen molar-refractivity contribution < 1.29 is 35.3 Å². The van der Waals surface area contributed by atoms with Gasteiger partial charge in [-0.3, -0.25) is 4.68 Å². The molecule has 9 rings (SSSR count). The van der Waals surface area contributed by atoms with Crippen molar-refractivity contribution in [2.24, 2.45) is 0 Å². The van der Waals surface area contributed by atoms with Crippen molar-refractivity contribution in [3.63, 3.8) is 0 Å². The van der Waals surface area contributed by atoms with Gasteiger partial charge in [-0.25, -0.2) is 4.98 Å². The van der Waals surface area contributed by atoms with Crippen molar-refractivity contribution in [2.45, 2.75) is 20.1 Å². The van der Waals surface area contributed by atoms with Crippen LogP contribution in [0.5, 0.6) is 23.0 Å². The molecule has 0 aliphatic carbocycles. The Bertz CT molecular complexity index is 2660. The van der Waals surface area contributed by atoms with E-state index in [1.807, 2.05) is 110 Å². The summed E-state index contributed by atoms with van der Waals surface area (Å²) in [6.07, 6.45) is 5.62. The fourth-order valence-corrected chi connectivity index (χ4v) is 6.65. The van der Waals surface area contributed by atoms with Crippen LogP contribution in [-0.4, -0.2) is 19.3 Å². The number of hydrogen-bond donors (Lipinski definition) is 0. The van der Waals surface area contributed by atoms with E-state index < -0.39 is 0 Å². The Morgan fingerprint density at radius 2 is 1.31 bits per heavy atom. The van der Waals surface area contributed by atoms with Crippen LogP contribution in [0.15, 0.2) is 164 Å². The molecular formula is C47H34N4O3Pt. The molecule has 0 saturated carbocycles. The quantitative estimate of drug-likeness (QED) is 0.121. The monoisotopic (exact) mass is 897 g/mol. The topological polar surface area (TPSA) is 63.3 Å². The molecule has 3 aromatic heterocycles. The zero-order valence-corrected chi connectivity index (χ0v) is 32.1. The van der Waals surface area contributed by atoms with E-state index in [2.05, 4.69) is 78.2 Å². The van der Waals surface area contributed by atoms with Crippen molar-refractivity contribution >= 4 is 21.8 Å². The van der Waals surface area contributed by atoms with E-state index in [0.717, 1.165) is 55.4 Å². The van der Waals surface area contributed by atoms with Gasteiger partial charge in [-0.15, -0.1) is 35.7 Å². The summed E-state index contributed by atoms with van der Waals surface area (Å²) < 4.78 is 23.1. The molecule has 0 saturated heterocycles. The van der Waals surface area contributed by atoms with Crippen LogP contribution in [0.1, 0.15) is 16.7 Å². The minimum absolute atomic E-state index is 0. The van der Waals surface area contributed by atoms with Gasteiger partial charge in [0, 0.05) is 35.0 Å². The zero-order chi connectivity index (χ0) is 36.3. The first-order chi connectivity index (χ1) is 26.7. The third-order valence-corrected chi connectivity index (χ3v) is 9.24. The van der Waals surface area contributed by atoms with Crippen molar-refractivity contribution in [1.82, 2.24) is 19.3 Å². The largest absolute Gasteiger partial charge is 2.00 e. The Hall–Kier alpha value is -6.43. The number of para-hydroxylation sites is 1. The van der Waals surface area contributed by atoms with Crippen LogP contribution >= 0.6 is 0 Å². The summed E-state index contributed by atoms with van der Waals surface area (Å²) >= 11 is 0. The average molecular weight is 898 g/mol. The standard InChI is InChI=1S/C47H34N4O3.Pt/c1-33-24-25-48-46(26-33)51-42-19-9-8-18-40(42)41-23-22-39(28-43(41)51)54-38-17-10-16-37(27-38)50-30-36(29-49-50)47-44(52-31-34-12-4-2-5-13-34)20-11-21-45(47)53-32-35-14-6-3-7-15-35;/h2-26,29-30H,31-32H2,1H3;/q-2;+2. The van der Waals surface area contributed by atoms with Crippen LogP contribution in [-0.2, 0) is 34.3 Å². The molecule has 9 aromatic rings. The number of aryl methyl sites for hydroxylation is 1. The second-order valence-corrected chi connectivity index (χ2v) is 13.0. The first-order valence-corrected chi connectivity index (χ1v) is 17.8. The Labute approximate surface area is 333 Å². The smallest absolute Gasteiger partial charge is 0.509 e. The molecule has 0 atom stereocenters. The molecule has 0 unspecified atom stereocenters. The SMILES string of the molecule is Cc1ccnc(-n2c3[c-]c(Oc4[c-]c(-n5cc(-c6c(OCc7ccccc7)cccc6OCc6ccccc6)cn5)ccc4)ccc3c3ccccc32)c1.[Pt+2]. The van der Waals surface area contributed by atoms with Crippen molar-refractivity contribution in [3.8, 4) is 45.6 Å². The predicted octanol–water partition coefficient (Wildman–Crippen LogP) is 10.9. The maximum Gasteiger partial charge on any atom is 2.00 e. The van der Waals surface area contributed by atoms with Gasteiger partial charge in [0.1, 0.15) is 30.5 Å². The summed E-state index contributed by atoms with van der Waals surface area (Å²) in [5.74, 6) is 3.34. The maximum atomic E-state index is 6.41. The fourth-order valence-electron chi connectivity index (χ4n) is 6.65. The van der Waals surface area contributed by atoms with Gasteiger partial charge < -0.3 is 18.8 Å². The molecule has 0 spiro atoms. The van der Waals surface area contributed by atoms with E-state index in [4.69, 9.17) is 24.3 Å². The summed E-state index contributed by atoms with van der Waals surface area (Å²) in [5, 5.41) is 6.95. The maximum absolute atomic E-state index is 6.41. The number of ether oxygens (including phenoxy) is 3. The van der Waals surface area contributed by atoms with Gasteiger partial charge in [0.2, 0.25) is 0 Å². The Balaban J connectivity index is 0.00000427. The van der Waals surface area contributed by atoms with E-state index in [0.29, 0.717) is 41.9 Å². The van der Waals surface area contributed by atoms with Crippen molar-refractivity contribution in [1.29, 1.82) is 0 Å². The molecule has 0 aliphatic heterocycles. The summed E-state index contributed by atoms with van der Waals surface area (Å²) in [6.45, 7) is 2.91. The molecule has 0 radical (unpaired) electrons. The van der Waals surface area contributed by atoms with E-state index >= 15 is 0 Å². The average Bonchev–Trinajstić information content (AvgIpc) is 3.83. The van der Waals surface area contributed by atoms with E-state index in [1.165, 1.54) is 0 Å². The second kappa shape index (κ2) is 15.9. The normalized spacial score (nSPS) is 11.0. The van der Waals surface area contributed by atoms with Gasteiger partial charge in [0.15, 0.2) is 0 Å². The van der Waals surface area contributed by atoms with Gasteiger partial charge in [-0.2, -0.15) is 17.2 Å². The van der Waals surface area contributed by atoms with E-state index in [9.17, 15) is 0 Å². The number of benzene rings is 6. The molecule has 0 aliphatic rings. The van der Waals surface area contributed by atoms with E-state index in [1.54, 1.807) is 4.68 Å². The number of aromatic nitrogens is 4. The van der Waals surface area contributed by atoms with Crippen molar-refractivity contribution in [2.75, 3.05) is 0 Å². The minimum Gasteiger partial charge on any atom is -0.509 e. The van der Waals surface area contributed by atoms with Crippen LogP contribution in [0.4, 0.5) is 0 Å². The molecule has 0 amide bonds. The molecule has 0 bridgehead atoms. The van der Waals surface area contributed by atoms with Gasteiger partial charge in [-0.1, -0.05) is 90.4 Å². The zero-order valence-electron chi connectivity index (χ0n) is 29.8. The number of nitrogens with zero attached hydrogens (tertiary/aromatic N) is 4. The predicted molar refractivity (Wildman–Crippen MR) is 212 cm³/mol. The fraction of sp³-hybridized carbons (Fsp3) is 0.0638. The molecule has 0 N–H and O–H groups in total. The summed E-state index contributed by atoms with van der Waals surface area (Å²) in [4.78, 5) is 4.69. The molecular weight excluding hydrogens is 864 g/mol. The number of hydrogen-bond acceptors (Lipinski definition) is 5. The molecule has 8 heteroatoms. The Morgan fingerprint density at radius 1 is 0.636 bits per heavy atom. The second-order valence-electron chi connectivity index (χ2n) is 13.0. The van der Waals surface area contributed by atoms with Crippen LogP contribution in [0.2, 0.25) is 0 Å². The van der Waals surface area contributed by atoms with E-state index in [-0.39, 0.29) is 21.1 Å².